The fourth-order valence-electron chi connectivity index (χ4n) is 1.59. The molecular formula is C12H14N4O. The molecule has 0 unspecified atom stereocenters. The molecule has 0 aliphatic rings. The third-order valence-electron chi connectivity index (χ3n) is 2.43. The van der Waals surface area contributed by atoms with Crippen LogP contribution in [0.15, 0.2) is 18.3 Å². The minimum absolute atomic E-state index is 0.596. The first-order chi connectivity index (χ1) is 8.35. The van der Waals surface area contributed by atoms with Crippen molar-refractivity contribution in [3.63, 3.8) is 0 Å². The molecule has 0 aliphatic heterocycles. The number of fused-ring (bicyclic) bond motifs is 1. The highest BCUT2D eigenvalue weighted by Gasteiger charge is 2.05. The molecule has 2 aromatic rings. The lowest BCUT2D eigenvalue weighted by atomic mass is 10.3. The second-order valence-corrected chi connectivity index (χ2v) is 3.73. The maximum absolute atomic E-state index is 8.78. The van der Waals surface area contributed by atoms with Crippen LogP contribution >= 0.6 is 0 Å². The second-order valence-electron chi connectivity index (χ2n) is 3.73. The molecule has 0 saturated heterocycles. The summed E-state index contributed by atoms with van der Waals surface area (Å²) >= 11 is 0. The highest BCUT2D eigenvalue weighted by Crippen LogP contribution is 2.07. The van der Waals surface area contributed by atoms with Crippen LogP contribution in [0.25, 0.3) is 5.65 Å². The Bertz CT molecular complexity index is 541. The van der Waals surface area contributed by atoms with Gasteiger partial charge in [0.2, 0.25) is 0 Å². The molecular weight excluding hydrogens is 216 g/mol. The highest BCUT2D eigenvalue weighted by atomic mass is 16.5. The SMILES string of the molecule is CCCOCCc1nnc2cc(C#N)ccn12. The maximum atomic E-state index is 8.78. The van der Waals surface area contributed by atoms with Gasteiger partial charge in [0.05, 0.1) is 18.2 Å². The molecule has 0 aliphatic carbocycles. The molecule has 0 atom stereocenters. The zero-order valence-electron chi connectivity index (χ0n) is 9.76. The van der Waals surface area contributed by atoms with E-state index in [1.54, 1.807) is 12.1 Å². The number of rotatable bonds is 5. The van der Waals surface area contributed by atoms with Gasteiger partial charge in [-0.25, -0.2) is 0 Å². The largest absolute Gasteiger partial charge is 0.381 e. The second kappa shape index (κ2) is 5.41. The summed E-state index contributed by atoms with van der Waals surface area (Å²) in [5.41, 5.74) is 1.30. The van der Waals surface area contributed by atoms with Gasteiger partial charge in [0.1, 0.15) is 5.82 Å². The molecule has 0 aromatic carbocycles. The van der Waals surface area contributed by atoms with Gasteiger partial charge in [0.25, 0.3) is 0 Å². The van der Waals surface area contributed by atoms with Gasteiger partial charge in [0, 0.05) is 25.3 Å². The average Bonchev–Trinajstić information content (AvgIpc) is 2.77. The fourth-order valence-corrected chi connectivity index (χ4v) is 1.59. The molecule has 2 rings (SSSR count). The Balaban J connectivity index is 2.11. The Morgan fingerprint density at radius 3 is 3.06 bits per heavy atom. The van der Waals surface area contributed by atoms with Crippen molar-refractivity contribution in [2.75, 3.05) is 13.2 Å². The van der Waals surface area contributed by atoms with E-state index >= 15 is 0 Å². The molecule has 17 heavy (non-hydrogen) atoms. The lowest BCUT2D eigenvalue weighted by molar-refractivity contribution is 0.136. The number of pyridine rings is 1. The first-order valence-corrected chi connectivity index (χ1v) is 5.66. The summed E-state index contributed by atoms with van der Waals surface area (Å²) in [6, 6.07) is 5.56. The van der Waals surface area contributed by atoms with Crippen LogP contribution in [0.5, 0.6) is 0 Å². The monoisotopic (exact) mass is 230 g/mol. The lowest BCUT2D eigenvalue weighted by Crippen LogP contribution is -2.03. The molecule has 0 fully saturated rings. The summed E-state index contributed by atoms with van der Waals surface area (Å²) in [5.74, 6) is 0.862. The van der Waals surface area contributed by atoms with Gasteiger partial charge in [-0.2, -0.15) is 5.26 Å². The molecule has 0 N–H and O–H groups in total. The number of ether oxygens (including phenoxy) is 1. The molecule has 0 spiro atoms. The molecule has 0 bridgehead atoms. The van der Waals surface area contributed by atoms with Crippen LogP contribution in [0.3, 0.4) is 0 Å². The standard InChI is InChI=1S/C12H14N4O/c1-2-6-17-7-4-11-14-15-12-8-10(9-13)3-5-16(11)12/h3,5,8H,2,4,6-7H2,1H3. The summed E-state index contributed by atoms with van der Waals surface area (Å²) in [6.45, 7) is 3.50. The summed E-state index contributed by atoms with van der Waals surface area (Å²) in [7, 11) is 0. The summed E-state index contributed by atoms with van der Waals surface area (Å²) < 4.78 is 7.30. The number of nitriles is 1. The predicted molar refractivity (Wildman–Crippen MR) is 62.5 cm³/mol. The number of hydrogen-bond donors (Lipinski definition) is 0. The quantitative estimate of drug-likeness (QED) is 0.731. The number of nitrogens with zero attached hydrogens (tertiary/aromatic N) is 4. The van der Waals surface area contributed by atoms with E-state index in [2.05, 4.69) is 23.2 Å². The lowest BCUT2D eigenvalue weighted by Gasteiger charge is -2.01. The van der Waals surface area contributed by atoms with Crippen molar-refractivity contribution in [2.24, 2.45) is 0 Å². The van der Waals surface area contributed by atoms with Crippen LogP contribution in [0.2, 0.25) is 0 Å². The van der Waals surface area contributed by atoms with Crippen LogP contribution < -0.4 is 0 Å². The van der Waals surface area contributed by atoms with E-state index in [4.69, 9.17) is 10.00 Å². The van der Waals surface area contributed by atoms with Crippen LogP contribution in [0.1, 0.15) is 24.7 Å². The molecule has 5 heteroatoms. The van der Waals surface area contributed by atoms with Crippen LogP contribution in [-0.4, -0.2) is 27.8 Å². The minimum Gasteiger partial charge on any atom is -0.381 e. The van der Waals surface area contributed by atoms with Gasteiger partial charge in [-0.1, -0.05) is 6.92 Å². The van der Waals surface area contributed by atoms with Crippen molar-refractivity contribution in [1.29, 1.82) is 5.26 Å². The van der Waals surface area contributed by atoms with E-state index in [1.807, 2.05) is 10.6 Å². The third-order valence-corrected chi connectivity index (χ3v) is 2.43. The van der Waals surface area contributed by atoms with Crippen LogP contribution in [-0.2, 0) is 11.2 Å². The maximum Gasteiger partial charge on any atom is 0.162 e. The first kappa shape index (κ1) is 11.6. The van der Waals surface area contributed by atoms with Crippen molar-refractivity contribution < 1.29 is 4.74 Å². The van der Waals surface area contributed by atoms with Gasteiger partial charge in [0.15, 0.2) is 5.65 Å². The van der Waals surface area contributed by atoms with Gasteiger partial charge >= 0.3 is 0 Å². The first-order valence-electron chi connectivity index (χ1n) is 5.66. The highest BCUT2D eigenvalue weighted by molar-refractivity contribution is 5.45. The number of aromatic nitrogens is 3. The van der Waals surface area contributed by atoms with Gasteiger partial charge in [-0.05, 0) is 12.5 Å². The average molecular weight is 230 g/mol. The van der Waals surface area contributed by atoms with Gasteiger partial charge in [-0.3, -0.25) is 4.40 Å². The van der Waals surface area contributed by atoms with E-state index < -0.39 is 0 Å². The zero-order chi connectivity index (χ0) is 12.1. The van der Waals surface area contributed by atoms with Crippen molar-refractivity contribution in [1.82, 2.24) is 14.6 Å². The molecule has 88 valence electrons. The van der Waals surface area contributed by atoms with Crippen molar-refractivity contribution in [3.8, 4) is 6.07 Å². The molecule has 5 nitrogen and oxygen atoms in total. The molecule has 0 amide bonds. The molecule has 0 saturated carbocycles. The van der Waals surface area contributed by atoms with Crippen LogP contribution in [0.4, 0.5) is 0 Å². The Labute approximate surface area is 99.7 Å². The molecule has 0 radical (unpaired) electrons. The van der Waals surface area contributed by atoms with E-state index in [1.165, 1.54) is 0 Å². The minimum atomic E-state index is 0.596. The normalized spacial score (nSPS) is 10.6. The Hall–Kier alpha value is -1.93. The van der Waals surface area contributed by atoms with E-state index in [0.717, 1.165) is 25.3 Å². The Morgan fingerprint density at radius 1 is 1.41 bits per heavy atom. The van der Waals surface area contributed by atoms with Crippen molar-refractivity contribution >= 4 is 5.65 Å². The Morgan fingerprint density at radius 2 is 2.29 bits per heavy atom. The van der Waals surface area contributed by atoms with Crippen LogP contribution in [0, 0.1) is 11.3 Å². The summed E-state index contributed by atoms with van der Waals surface area (Å²) in [6.07, 6.45) is 3.57. The molecule has 2 aromatic heterocycles. The number of hydrogen-bond acceptors (Lipinski definition) is 4. The van der Waals surface area contributed by atoms with E-state index in [-0.39, 0.29) is 0 Å². The predicted octanol–water partition coefficient (Wildman–Crippen LogP) is 1.57. The Kier molecular flexibility index (Phi) is 3.68. The van der Waals surface area contributed by atoms with E-state index in [9.17, 15) is 0 Å². The fraction of sp³-hybridized carbons (Fsp3) is 0.417. The molecule has 2 heterocycles. The van der Waals surface area contributed by atoms with Crippen molar-refractivity contribution in [3.05, 3.63) is 29.7 Å². The van der Waals surface area contributed by atoms with Crippen molar-refractivity contribution in [2.45, 2.75) is 19.8 Å². The smallest absolute Gasteiger partial charge is 0.162 e. The zero-order valence-corrected chi connectivity index (χ0v) is 9.76. The third kappa shape index (κ3) is 2.60. The summed E-state index contributed by atoms with van der Waals surface area (Å²) in [5, 5.41) is 16.9. The van der Waals surface area contributed by atoms with E-state index in [0.29, 0.717) is 17.8 Å². The topological polar surface area (TPSA) is 63.2 Å². The van der Waals surface area contributed by atoms with Gasteiger partial charge in [-0.15, -0.1) is 10.2 Å². The van der Waals surface area contributed by atoms with Gasteiger partial charge < -0.3 is 4.74 Å². The summed E-state index contributed by atoms with van der Waals surface area (Å²) in [4.78, 5) is 0.